The molecule has 0 aliphatic heterocycles. The predicted octanol–water partition coefficient (Wildman–Crippen LogP) is 5.06. The number of hydrogen-bond acceptors (Lipinski definition) is 6. The van der Waals surface area contributed by atoms with Gasteiger partial charge in [-0.3, -0.25) is 0 Å². The maximum absolute atomic E-state index is 7.81. The lowest BCUT2D eigenvalue weighted by Gasteiger charge is -2.27. The normalized spacial score (nSPS) is 21.7. The van der Waals surface area contributed by atoms with Crippen molar-refractivity contribution in [2.24, 2.45) is 23.0 Å². The largest absolute Gasteiger partial charge is 0.359 e. The fourth-order valence-electron chi connectivity index (χ4n) is 4.95. The quantitative estimate of drug-likeness (QED) is 0.467. The Morgan fingerprint density at radius 2 is 2.03 bits per heavy atom. The second kappa shape index (κ2) is 8.23. The van der Waals surface area contributed by atoms with Crippen molar-refractivity contribution in [2.75, 3.05) is 23.8 Å². The molecule has 4 N–H and O–H groups in total. The summed E-state index contributed by atoms with van der Waals surface area (Å²) in [6, 6.07) is 8.16. The summed E-state index contributed by atoms with van der Waals surface area (Å²) < 4.78 is 0. The lowest BCUT2D eigenvalue weighted by atomic mass is 9.91. The molecule has 0 radical (unpaired) electrons. The fraction of sp³-hybridized carbons (Fsp3) is 0.560. The molecule has 166 valence electrons. The SMILES string of the molecule is CCCC(CN(C)c1cc(Nc2cc([C@]3(N)CC34CC4)ccc2C=N)ncn1)C(C)C. The zero-order valence-electron chi connectivity index (χ0n) is 19.3. The smallest absolute Gasteiger partial charge is 0.135 e. The molecule has 1 unspecified atom stereocenters. The van der Waals surface area contributed by atoms with Crippen LogP contribution in [0.25, 0.3) is 0 Å². The van der Waals surface area contributed by atoms with Crippen molar-refractivity contribution < 1.29 is 0 Å². The Balaban J connectivity index is 1.53. The van der Waals surface area contributed by atoms with Crippen molar-refractivity contribution in [3.05, 3.63) is 41.7 Å². The van der Waals surface area contributed by atoms with Gasteiger partial charge in [-0.1, -0.05) is 39.3 Å². The molecule has 31 heavy (non-hydrogen) atoms. The number of nitrogens with one attached hydrogen (secondary N) is 2. The first kappa shape index (κ1) is 21.8. The fourth-order valence-corrected chi connectivity index (χ4v) is 4.95. The van der Waals surface area contributed by atoms with Crippen molar-refractivity contribution in [1.29, 1.82) is 5.41 Å². The van der Waals surface area contributed by atoms with Gasteiger partial charge in [0.1, 0.15) is 18.0 Å². The minimum atomic E-state index is -0.202. The van der Waals surface area contributed by atoms with Gasteiger partial charge in [0.05, 0.1) is 0 Å². The molecular formula is C25H36N6. The monoisotopic (exact) mass is 420 g/mol. The highest BCUT2D eigenvalue weighted by molar-refractivity contribution is 5.87. The summed E-state index contributed by atoms with van der Waals surface area (Å²) in [5.74, 6) is 2.91. The Labute approximate surface area is 186 Å². The molecular weight excluding hydrogens is 384 g/mol. The summed E-state index contributed by atoms with van der Waals surface area (Å²) in [5, 5.41) is 11.2. The van der Waals surface area contributed by atoms with Crippen LogP contribution in [0.4, 0.5) is 17.3 Å². The van der Waals surface area contributed by atoms with Crippen molar-refractivity contribution in [1.82, 2.24) is 9.97 Å². The van der Waals surface area contributed by atoms with Gasteiger partial charge in [-0.25, -0.2) is 9.97 Å². The predicted molar refractivity (Wildman–Crippen MR) is 128 cm³/mol. The second-order valence-electron chi connectivity index (χ2n) is 9.93. The van der Waals surface area contributed by atoms with Crippen molar-refractivity contribution in [2.45, 2.75) is 58.4 Å². The van der Waals surface area contributed by atoms with Gasteiger partial charge in [0.25, 0.3) is 0 Å². The highest BCUT2D eigenvalue weighted by atomic mass is 15.2. The lowest BCUT2D eigenvalue weighted by Crippen LogP contribution is -2.29. The minimum Gasteiger partial charge on any atom is -0.359 e. The first-order chi connectivity index (χ1) is 14.8. The number of nitrogens with zero attached hydrogens (tertiary/aromatic N) is 3. The van der Waals surface area contributed by atoms with Crippen LogP contribution >= 0.6 is 0 Å². The van der Waals surface area contributed by atoms with Gasteiger partial charge in [0, 0.05) is 42.7 Å². The molecule has 1 spiro atoms. The molecule has 2 saturated carbocycles. The number of benzene rings is 1. The summed E-state index contributed by atoms with van der Waals surface area (Å²) in [4.78, 5) is 11.2. The number of nitrogens with two attached hydrogens (primary N) is 1. The molecule has 2 atom stereocenters. The molecule has 0 saturated heterocycles. The van der Waals surface area contributed by atoms with Crippen LogP contribution in [-0.2, 0) is 5.54 Å². The zero-order chi connectivity index (χ0) is 22.2. The minimum absolute atomic E-state index is 0.202. The van der Waals surface area contributed by atoms with E-state index in [1.807, 2.05) is 12.1 Å². The number of rotatable bonds is 10. The summed E-state index contributed by atoms with van der Waals surface area (Å²) in [6.45, 7) is 7.81. The van der Waals surface area contributed by atoms with Gasteiger partial charge >= 0.3 is 0 Å². The zero-order valence-corrected chi connectivity index (χ0v) is 19.3. The Morgan fingerprint density at radius 3 is 2.65 bits per heavy atom. The summed E-state index contributed by atoms with van der Waals surface area (Å²) in [6.07, 6.45) is 8.93. The molecule has 6 nitrogen and oxygen atoms in total. The highest BCUT2D eigenvalue weighted by Crippen LogP contribution is 2.76. The summed E-state index contributed by atoms with van der Waals surface area (Å²) in [5.41, 5.74) is 9.70. The van der Waals surface area contributed by atoms with Crippen molar-refractivity contribution >= 4 is 23.5 Å². The van der Waals surface area contributed by atoms with Gasteiger partial charge in [-0.05, 0) is 54.6 Å². The molecule has 1 aromatic carbocycles. The Hall–Kier alpha value is -2.47. The van der Waals surface area contributed by atoms with E-state index in [9.17, 15) is 0 Å². The van der Waals surface area contributed by atoms with E-state index in [-0.39, 0.29) is 5.54 Å². The molecule has 0 bridgehead atoms. The van der Waals surface area contributed by atoms with Crippen LogP contribution in [0, 0.1) is 22.7 Å². The van der Waals surface area contributed by atoms with E-state index in [1.54, 1.807) is 6.33 Å². The van der Waals surface area contributed by atoms with E-state index < -0.39 is 0 Å². The van der Waals surface area contributed by atoms with E-state index in [2.05, 4.69) is 60.1 Å². The molecule has 2 fully saturated rings. The van der Waals surface area contributed by atoms with E-state index in [0.717, 1.165) is 41.4 Å². The van der Waals surface area contributed by atoms with Gasteiger partial charge in [0.2, 0.25) is 0 Å². The van der Waals surface area contributed by atoms with Crippen LogP contribution in [0.5, 0.6) is 0 Å². The first-order valence-electron chi connectivity index (χ1n) is 11.6. The molecule has 6 heteroatoms. The molecule has 1 aromatic heterocycles. The topological polar surface area (TPSA) is 90.9 Å². The summed E-state index contributed by atoms with van der Waals surface area (Å²) in [7, 11) is 2.10. The van der Waals surface area contributed by atoms with Gasteiger partial charge in [0.15, 0.2) is 0 Å². The van der Waals surface area contributed by atoms with Crippen molar-refractivity contribution in [3.8, 4) is 0 Å². The van der Waals surface area contributed by atoms with Crippen molar-refractivity contribution in [3.63, 3.8) is 0 Å². The molecule has 2 aliphatic carbocycles. The molecule has 2 aliphatic rings. The average molecular weight is 421 g/mol. The van der Waals surface area contributed by atoms with Gasteiger partial charge in [-0.2, -0.15) is 0 Å². The molecule has 0 amide bonds. The number of aromatic nitrogens is 2. The first-order valence-corrected chi connectivity index (χ1v) is 11.6. The Morgan fingerprint density at radius 1 is 1.26 bits per heavy atom. The highest BCUT2D eigenvalue weighted by Gasteiger charge is 2.72. The number of hydrogen-bond donors (Lipinski definition) is 3. The van der Waals surface area contributed by atoms with Crippen LogP contribution < -0.4 is 16.0 Å². The third-order valence-electron chi connectivity index (χ3n) is 7.43. The molecule has 4 rings (SSSR count). The molecule has 1 heterocycles. The van der Waals surface area contributed by atoms with Crippen LogP contribution in [0.3, 0.4) is 0 Å². The van der Waals surface area contributed by atoms with Crippen LogP contribution in [-0.4, -0.2) is 29.8 Å². The van der Waals surface area contributed by atoms with E-state index in [0.29, 0.717) is 17.3 Å². The van der Waals surface area contributed by atoms with Gasteiger partial charge in [-0.15, -0.1) is 0 Å². The maximum Gasteiger partial charge on any atom is 0.135 e. The number of anilines is 3. The van der Waals surface area contributed by atoms with E-state index in [1.165, 1.54) is 31.9 Å². The maximum atomic E-state index is 7.81. The standard InChI is InChI=1S/C25H36N6/c1-5-6-19(17(2)3)14-31(4)23-12-22(28-16-29-23)30-21-11-20(8-7-18(21)13-26)25(27)15-24(25)9-10-24/h7-8,11-13,16-17,19,26H,5-6,9-10,14-15,27H2,1-4H3,(H,28,29,30)/t19?,25-/m1/s1. The van der Waals surface area contributed by atoms with E-state index >= 15 is 0 Å². The molecule has 2 aromatic rings. The second-order valence-corrected chi connectivity index (χ2v) is 9.93. The van der Waals surface area contributed by atoms with Crippen LogP contribution in [0.1, 0.15) is 64.0 Å². The lowest BCUT2D eigenvalue weighted by molar-refractivity contribution is 0.360. The van der Waals surface area contributed by atoms with Gasteiger partial charge < -0.3 is 21.4 Å². The summed E-state index contributed by atoms with van der Waals surface area (Å²) >= 11 is 0. The third-order valence-corrected chi connectivity index (χ3v) is 7.43. The van der Waals surface area contributed by atoms with Crippen LogP contribution in [0.15, 0.2) is 30.6 Å². The Bertz CT molecular complexity index is 951. The Kier molecular flexibility index (Phi) is 5.77. The third kappa shape index (κ3) is 4.18. The van der Waals surface area contributed by atoms with E-state index in [4.69, 9.17) is 11.1 Å². The average Bonchev–Trinajstić information content (AvgIpc) is 3.65. The van der Waals surface area contributed by atoms with Crippen LogP contribution in [0.2, 0.25) is 0 Å².